The van der Waals surface area contributed by atoms with Crippen molar-refractivity contribution in [3.8, 4) is 5.75 Å². The minimum Gasteiger partial charge on any atom is -0.496 e. The van der Waals surface area contributed by atoms with Gasteiger partial charge in [-0.25, -0.2) is 0 Å². The van der Waals surface area contributed by atoms with Crippen LogP contribution in [0.1, 0.15) is 51.5 Å². The van der Waals surface area contributed by atoms with Crippen molar-refractivity contribution in [2.24, 2.45) is 17.3 Å². The fourth-order valence-corrected chi connectivity index (χ4v) is 5.44. The molecule has 1 aromatic carbocycles. The van der Waals surface area contributed by atoms with Crippen molar-refractivity contribution in [2.45, 2.75) is 52.5 Å². The number of para-hydroxylation sites is 1. The molecule has 2 atom stereocenters. The van der Waals surface area contributed by atoms with Gasteiger partial charge in [0.05, 0.1) is 7.11 Å². The largest absolute Gasteiger partial charge is 0.496 e. The number of piperazine rings is 1. The van der Waals surface area contributed by atoms with E-state index in [9.17, 15) is 9.59 Å². The third kappa shape index (κ3) is 4.95. The predicted octanol–water partition coefficient (Wildman–Crippen LogP) is 3.40. The third-order valence-electron chi connectivity index (χ3n) is 8.09. The summed E-state index contributed by atoms with van der Waals surface area (Å²) in [5.41, 5.74) is 1.37. The van der Waals surface area contributed by atoms with Crippen LogP contribution in [0, 0.1) is 17.3 Å². The standard InChI is InChI=1S/C26H39N3O3/c1-4-20(2)17-24(30)28-11-9-26(10-12-28)18-22(26)25(31)29-15-13-27(14-16-29)19-21-7-5-6-8-23(21)32-3/h5-8,20,22H,4,9-19H2,1-3H3. The molecular formula is C26H39N3O3. The van der Waals surface area contributed by atoms with Crippen LogP contribution in [-0.2, 0) is 16.1 Å². The number of hydrogen-bond donors (Lipinski definition) is 0. The molecule has 1 aliphatic carbocycles. The minimum absolute atomic E-state index is 0.165. The second-order valence-electron chi connectivity index (χ2n) is 10.1. The zero-order valence-corrected chi connectivity index (χ0v) is 20.0. The molecule has 6 nitrogen and oxygen atoms in total. The summed E-state index contributed by atoms with van der Waals surface area (Å²) in [6.45, 7) is 10.2. The van der Waals surface area contributed by atoms with E-state index in [0.717, 1.165) is 77.2 Å². The van der Waals surface area contributed by atoms with E-state index in [1.165, 1.54) is 5.56 Å². The Hall–Kier alpha value is -2.08. The Morgan fingerprint density at radius 3 is 2.41 bits per heavy atom. The average Bonchev–Trinajstić information content (AvgIpc) is 3.52. The first-order chi connectivity index (χ1) is 15.5. The summed E-state index contributed by atoms with van der Waals surface area (Å²) >= 11 is 0. The van der Waals surface area contributed by atoms with E-state index in [4.69, 9.17) is 4.74 Å². The van der Waals surface area contributed by atoms with E-state index < -0.39 is 0 Å². The molecule has 2 amide bonds. The second-order valence-corrected chi connectivity index (χ2v) is 10.1. The van der Waals surface area contributed by atoms with Crippen LogP contribution in [0.2, 0.25) is 0 Å². The van der Waals surface area contributed by atoms with Gasteiger partial charge >= 0.3 is 0 Å². The predicted molar refractivity (Wildman–Crippen MR) is 125 cm³/mol. The van der Waals surface area contributed by atoms with Crippen LogP contribution >= 0.6 is 0 Å². The van der Waals surface area contributed by atoms with Crippen LogP contribution in [0.5, 0.6) is 5.75 Å². The van der Waals surface area contributed by atoms with Gasteiger partial charge in [-0.15, -0.1) is 0 Å². The van der Waals surface area contributed by atoms with Gasteiger partial charge in [0.1, 0.15) is 5.75 Å². The Morgan fingerprint density at radius 2 is 1.75 bits per heavy atom. The number of carbonyl (C=O) groups is 2. The Balaban J connectivity index is 1.23. The molecule has 2 aliphatic heterocycles. The third-order valence-corrected chi connectivity index (χ3v) is 8.09. The number of likely N-dealkylation sites (tertiary alicyclic amines) is 1. The maximum absolute atomic E-state index is 13.2. The molecule has 0 N–H and O–H groups in total. The molecule has 4 rings (SSSR count). The van der Waals surface area contributed by atoms with Crippen LogP contribution in [0.4, 0.5) is 0 Å². The van der Waals surface area contributed by atoms with Gasteiger partial charge in [-0.2, -0.15) is 0 Å². The lowest BCUT2D eigenvalue weighted by Gasteiger charge is -2.37. The van der Waals surface area contributed by atoms with Crippen LogP contribution in [0.15, 0.2) is 24.3 Å². The monoisotopic (exact) mass is 441 g/mol. The Morgan fingerprint density at radius 1 is 1.06 bits per heavy atom. The first kappa shape index (κ1) is 23.1. The normalized spacial score (nSPS) is 23.8. The maximum atomic E-state index is 13.2. The summed E-state index contributed by atoms with van der Waals surface area (Å²) in [7, 11) is 1.72. The quantitative estimate of drug-likeness (QED) is 0.651. The second kappa shape index (κ2) is 9.82. The zero-order chi connectivity index (χ0) is 22.7. The Bertz CT molecular complexity index is 810. The van der Waals surface area contributed by atoms with Gasteiger partial charge in [-0.1, -0.05) is 38.5 Å². The van der Waals surface area contributed by atoms with Crippen molar-refractivity contribution in [3.63, 3.8) is 0 Å². The molecule has 0 bridgehead atoms. The van der Waals surface area contributed by atoms with E-state index in [1.54, 1.807) is 7.11 Å². The molecule has 0 aromatic heterocycles. The fourth-order valence-electron chi connectivity index (χ4n) is 5.44. The van der Waals surface area contributed by atoms with Gasteiger partial charge in [-0.3, -0.25) is 14.5 Å². The molecule has 0 radical (unpaired) electrons. The van der Waals surface area contributed by atoms with Crippen molar-refractivity contribution in [1.82, 2.24) is 14.7 Å². The van der Waals surface area contributed by atoms with Crippen LogP contribution in [0.3, 0.4) is 0 Å². The fraction of sp³-hybridized carbons (Fsp3) is 0.692. The van der Waals surface area contributed by atoms with Crippen molar-refractivity contribution >= 4 is 11.8 Å². The highest BCUT2D eigenvalue weighted by Gasteiger charge is 2.59. The summed E-state index contributed by atoms with van der Waals surface area (Å²) < 4.78 is 5.48. The van der Waals surface area contributed by atoms with E-state index in [-0.39, 0.29) is 11.3 Å². The molecule has 3 fully saturated rings. The number of carbonyl (C=O) groups excluding carboxylic acids is 2. The number of piperidine rings is 1. The molecule has 2 heterocycles. The molecule has 1 aromatic rings. The number of benzene rings is 1. The molecule has 3 aliphatic rings. The van der Waals surface area contributed by atoms with Crippen LogP contribution in [-0.4, -0.2) is 72.9 Å². The van der Waals surface area contributed by atoms with Crippen molar-refractivity contribution in [2.75, 3.05) is 46.4 Å². The number of amides is 2. The summed E-state index contributed by atoms with van der Waals surface area (Å²) in [4.78, 5) is 32.2. The Kier molecular flexibility index (Phi) is 7.08. The summed E-state index contributed by atoms with van der Waals surface area (Å²) in [6, 6.07) is 8.17. The van der Waals surface area contributed by atoms with Gasteiger partial charge in [0.25, 0.3) is 0 Å². The molecule has 32 heavy (non-hydrogen) atoms. The highest BCUT2D eigenvalue weighted by Crippen LogP contribution is 2.60. The zero-order valence-electron chi connectivity index (χ0n) is 20.0. The van der Waals surface area contributed by atoms with Gasteiger partial charge in [0.2, 0.25) is 11.8 Å². The lowest BCUT2D eigenvalue weighted by molar-refractivity contribution is -0.136. The number of hydrogen-bond acceptors (Lipinski definition) is 4. The van der Waals surface area contributed by atoms with Gasteiger partial charge in [0, 0.05) is 63.7 Å². The lowest BCUT2D eigenvalue weighted by atomic mass is 9.90. The minimum atomic E-state index is 0.165. The number of ether oxygens (including phenoxy) is 1. The number of methoxy groups -OCH3 is 1. The van der Waals surface area contributed by atoms with Gasteiger partial charge < -0.3 is 14.5 Å². The summed E-state index contributed by atoms with van der Waals surface area (Å²) in [5.74, 6) is 2.20. The molecule has 2 saturated heterocycles. The smallest absolute Gasteiger partial charge is 0.226 e. The number of rotatable bonds is 7. The first-order valence-corrected chi connectivity index (χ1v) is 12.4. The van der Waals surface area contributed by atoms with Crippen LogP contribution in [0.25, 0.3) is 0 Å². The van der Waals surface area contributed by atoms with Gasteiger partial charge in [0.15, 0.2) is 0 Å². The molecule has 1 spiro atoms. The number of nitrogens with zero attached hydrogens (tertiary/aromatic N) is 3. The first-order valence-electron chi connectivity index (χ1n) is 12.4. The van der Waals surface area contributed by atoms with E-state index >= 15 is 0 Å². The van der Waals surface area contributed by atoms with Crippen molar-refractivity contribution < 1.29 is 14.3 Å². The van der Waals surface area contributed by atoms with Crippen LogP contribution < -0.4 is 4.74 Å². The van der Waals surface area contributed by atoms with E-state index in [0.29, 0.717) is 24.2 Å². The van der Waals surface area contributed by atoms with E-state index in [2.05, 4.69) is 29.7 Å². The van der Waals surface area contributed by atoms with E-state index in [1.807, 2.05) is 23.1 Å². The summed E-state index contributed by atoms with van der Waals surface area (Å²) in [6.07, 6.45) is 4.70. The SMILES string of the molecule is CCC(C)CC(=O)N1CCC2(CC1)CC2C(=O)N1CCN(Cc2ccccc2OC)CC1. The maximum Gasteiger partial charge on any atom is 0.226 e. The lowest BCUT2D eigenvalue weighted by Crippen LogP contribution is -2.49. The highest BCUT2D eigenvalue weighted by molar-refractivity contribution is 5.83. The van der Waals surface area contributed by atoms with Crippen molar-refractivity contribution in [3.05, 3.63) is 29.8 Å². The molecular weight excluding hydrogens is 402 g/mol. The van der Waals surface area contributed by atoms with Crippen molar-refractivity contribution in [1.29, 1.82) is 0 Å². The molecule has 1 saturated carbocycles. The highest BCUT2D eigenvalue weighted by atomic mass is 16.5. The molecule has 176 valence electrons. The topological polar surface area (TPSA) is 53.1 Å². The molecule has 6 heteroatoms. The average molecular weight is 442 g/mol. The van der Waals surface area contributed by atoms with Gasteiger partial charge in [-0.05, 0) is 36.7 Å². The summed E-state index contributed by atoms with van der Waals surface area (Å²) in [5, 5.41) is 0. The Labute approximate surface area is 192 Å². The molecule has 2 unspecified atom stereocenters.